The van der Waals surface area contributed by atoms with Gasteiger partial charge in [-0.25, -0.2) is 4.39 Å². The average molecular weight is 392 g/mol. The summed E-state index contributed by atoms with van der Waals surface area (Å²) in [5.74, 6) is -1.63. The lowest BCUT2D eigenvalue weighted by atomic mass is 10.1. The van der Waals surface area contributed by atoms with Crippen LogP contribution in [0.5, 0.6) is 0 Å². The third-order valence-corrected chi connectivity index (χ3v) is 4.59. The molecule has 0 atom stereocenters. The first-order valence-electron chi connectivity index (χ1n) is 8.16. The Hall–Kier alpha value is -3.00. The van der Waals surface area contributed by atoms with Gasteiger partial charge in [0, 0.05) is 30.8 Å². The predicted molar refractivity (Wildman–Crippen MR) is 97.1 cm³/mol. The Morgan fingerprint density at radius 3 is 2.52 bits per heavy atom. The highest BCUT2D eigenvalue weighted by molar-refractivity contribution is 6.34. The molecule has 0 bridgehead atoms. The van der Waals surface area contributed by atoms with Gasteiger partial charge < -0.3 is 4.90 Å². The van der Waals surface area contributed by atoms with Crippen molar-refractivity contribution in [1.29, 1.82) is 0 Å². The van der Waals surface area contributed by atoms with E-state index in [-0.39, 0.29) is 28.8 Å². The molecule has 2 amide bonds. The molecule has 0 radical (unpaired) electrons. The van der Waals surface area contributed by atoms with Crippen LogP contribution in [0, 0.1) is 15.9 Å². The number of hydrogen-bond donors (Lipinski definition) is 0. The third kappa shape index (κ3) is 3.90. The van der Waals surface area contributed by atoms with E-state index in [9.17, 15) is 24.1 Å². The first kappa shape index (κ1) is 18.8. The van der Waals surface area contributed by atoms with Crippen molar-refractivity contribution in [2.75, 3.05) is 18.1 Å². The molecule has 0 aromatic heterocycles. The number of benzene rings is 2. The Balaban J connectivity index is 2.00. The molecule has 27 heavy (non-hydrogen) atoms. The first-order chi connectivity index (χ1) is 12.9. The highest BCUT2D eigenvalue weighted by Gasteiger charge is 2.29. The van der Waals surface area contributed by atoms with Crippen molar-refractivity contribution >= 4 is 34.8 Å². The smallest absolute Gasteiger partial charge is 0.269 e. The molecule has 7 nitrogen and oxygen atoms in total. The van der Waals surface area contributed by atoms with Crippen LogP contribution in [0.1, 0.15) is 23.2 Å². The summed E-state index contributed by atoms with van der Waals surface area (Å²) in [7, 11) is 0. The number of anilines is 1. The summed E-state index contributed by atoms with van der Waals surface area (Å²) in [5.41, 5.74) is -0.166. The number of carbonyl (C=O) groups excluding carboxylic acids is 2. The van der Waals surface area contributed by atoms with Crippen molar-refractivity contribution in [3.8, 4) is 0 Å². The van der Waals surface area contributed by atoms with Crippen molar-refractivity contribution in [3.05, 3.63) is 69.0 Å². The van der Waals surface area contributed by atoms with E-state index < -0.39 is 16.6 Å². The Labute approximate surface area is 159 Å². The fourth-order valence-electron chi connectivity index (χ4n) is 2.88. The summed E-state index contributed by atoms with van der Waals surface area (Å²) in [6.07, 6.45) is 1.05. The summed E-state index contributed by atoms with van der Waals surface area (Å²) in [6, 6.07) is 9.14. The molecule has 1 aliphatic heterocycles. The van der Waals surface area contributed by atoms with E-state index >= 15 is 0 Å². The first-order valence-corrected chi connectivity index (χ1v) is 8.54. The lowest BCUT2D eigenvalue weighted by Gasteiger charge is -2.28. The normalized spacial score (nSPS) is 13.7. The lowest BCUT2D eigenvalue weighted by molar-refractivity contribution is -0.384. The zero-order valence-corrected chi connectivity index (χ0v) is 14.9. The van der Waals surface area contributed by atoms with Crippen LogP contribution in [0.15, 0.2) is 42.5 Å². The molecule has 1 saturated heterocycles. The minimum absolute atomic E-state index is 0.0559. The van der Waals surface area contributed by atoms with Crippen LogP contribution in [-0.2, 0) is 4.79 Å². The minimum Gasteiger partial charge on any atom is -0.324 e. The Morgan fingerprint density at radius 1 is 1.26 bits per heavy atom. The van der Waals surface area contributed by atoms with E-state index in [1.165, 1.54) is 46.2 Å². The Morgan fingerprint density at radius 2 is 1.96 bits per heavy atom. The number of nitro groups is 1. The maximum atomic E-state index is 14.2. The third-order valence-electron chi connectivity index (χ3n) is 4.28. The number of nitrogens with zero attached hydrogens (tertiary/aromatic N) is 3. The number of amides is 2. The number of rotatable bonds is 5. The molecule has 2 aromatic rings. The zero-order valence-electron chi connectivity index (χ0n) is 14.1. The van der Waals surface area contributed by atoms with Gasteiger partial charge in [-0.2, -0.15) is 0 Å². The molecule has 0 unspecified atom stereocenters. The second kappa shape index (κ2) is 7.71. The number of hydrogen-bond acceptors (Lipinski definition) is 4. The van der Waals surface area contributed by atoms with Gasteiger partial charge in [-0.1, -0.05) is 17.7 Å². The van der Waals surface area contributed by atoms with Crippen LogP contribution in [0.4, 0.5) is 15.8 Å². The molecule has 1 aliphatic rings. The van der Waals surface area contributed by atoms with Crippen molar-refractivity contribution < 1.29 is 18.9 Å². The van der Waals surface area contributed by atoms with Gasteiger partial charge in [-0.05, 0) is 30.7 Å². The molecule has 1 heterocycles. The zero-order chi connectivity index (χ0) is 19.6. The van der Waals surface area contributed by atoms with E-state index in [0.717, 1.165) is 6.07 Å². The summed E-state index contributed by atoms with van der Waals surface area (Å²) in [5, 5.41) is 10.8. The number of halogens is 2. The molecular formula is C18H15ClFN3O4. The van der Waals surface area contributed by atoms with Gasteiger partial charge in [0.05, 0.1) is 15.5 Å². The van der Waals surface area contributed by atoms with Crippen molar-refractivity contribution in [3.63, 3.8) is 0 Å². The molecule has 9 heteroatoms. The summed E-state index contributed by atoms with van der Waals surface area (Å²) >= 11 is 6.01. The highest BCUT2D eigenvalue weighted by atomic mass is 35.5. The minimum atomic E-state index is -0.785. The number of carbonyl (C=O) groups is 2. The number of likely N-dealkylation sites (tertiary alicyclic amines) is 1. The predicted octanol–water partition coefficient (Wildman–Crippen LogP) is 3.61. The molecule has 2 aromatic carbocycles. The van der Waals surface area contributed by atoms with Gasteiger partial charge in [0.1, 0.15) is 12.5 Å². The van der Waals surface area contributed by atoms with Crippen LogP contribution < -0.4 is 4.90 Å². The van der Waals surface area contributed by atoms with Crippen LogP contribution in [0.2, 0.25) is 5.02 Å². The van der Waals surface area contributed by atoms with Crippen LogP contribution in [-0.4, -0.2) is 34.9 Å². The molecule has 3 rings (SSSR count). The van der Waals surface area contributed by atoms with E-state index in [4.69, 9.17) is 11.6 Å². The lowest BCUT2D eigenvalue weighted by Crippen LogP contribution is -2.42. The fraction of sp³-hybridized carbons (Fsp3) is 0.222. The molecule has 1 fully saturated rings. The van der Waals surface area contributed by atoms with E-state index in [2.05, 4.69) is 0 Å². The topological polar surface area (TPSA) is 83.8 Å². The SMILES string of the molecule is O=C1CCCN1CN(C(=O)c1c(F)cccc1Cl)c1ccc([N+](=O)[O-])cc1. The molecular weight excluding hydrogens is 377 g/mol. The average Bonchev–Trinajstić information content (AvgIpc) is 3.04. The van der Waals surface area contributed by atoms with Crippen LogP contribution in [0.3, 0.4) is 0 Å². The van der Waals surface area contributed by atoms with E-state index in [1.807, 2.05) is 0 Å². The molecule has 0 spiro atoms. The standard InChI is InChI=1S/C18H15ClFN3O4/c19-14-3-1-4-15(20)17(14)18(25)22(11-21-10-2-5-16(21)24)12-6-8-13(9-7-12)23(26)27/h1,3-4,6-9H,2,5,10-11H2. The van der Waals surface area contributed by atoms with Crippen LogP contribution in [0.25, 0.3) is 0 Å². The van der Waals surface area contributed by atoms with Crippen molar-refractivity contribution in [1.82, 2.24) is 4.90 Å². The van der Waals surface area contributed by atoms with Crippen molar-refractivity contribution in [2.24, 2.45) is 0 Å². The molecule has 0 N–H and O–H groups in total. The van der Waals surface area contributed by atoms with Gasteiger partial charge in [0.25, 0.3) is 11.6 Å². The summed E-state index contributed by atoms with van der Waals surface area (Å²) < 4.78 is 14.2. The number of nitro benzene ring substituents is 1. The second-order valence-corrected chi connectivity index (χ2v) is 6.41. The molecule has 0 aliphatic carbocycles. The largest absolute Gasteiger partial charge is 0.324 e. The quantitative estimate of drug-likeness (QED) is 0.575. The monoisotopic (exact) mass is 391 g/mol. The summed E-state index contributed by atoms with van der Waals surface area (Å²) in [6.45, 7) is 0.376. The van der Waals surface area contributed by atoms with E-state index in [1.54, 1.807) is 0 Å². The highest BCUT2D eigenvalue weighted by Crippen LogP contribution is 2.26. The van der Waals surface area contributed by atoms with Gasteiger partial charge in [-0.3, -0.25) is 24.6 Å². The van der Waals surface area contributed by atoms with Crippen molar-refractivity contribution in [2.45, 2.75) is 12.8 Å². The second-order valence-electron chi connectivity index (χ2n) is 6.01. The number of non-ortho nitro benzene ring substituents is 1. The molecule has 140 valence electrons. The maximum Gasteiger partial charge on any atom is 0.269 e. The van der Waals surface area contributed by atoms with Gasteiger partial charge in [0.2, 0.25) is 5.91 Å². The van der Waals surface area contributed by atoms with Gasteiger partial charge in [-0.15, -0.1) is 0 Å². The van der Waals surface area contributed by atoms with Crippen LogP contribution >= 0.6 is 11.6 Å². The fourth-order valence-corrected chi connectivity index (χ4v) is 3.12. The van der Waals surface area contributed by atoms with Gasteiger partial charge >= 0.3 is 0 Å². The van der Waals surface area contributed by atoms with E-state index in [0.29, 0.717) is 25.1 Å². The van der Waals surface area contributed by atoms with Gasteiger partial charge in [0.15, 0.2) is 0 Å². The maximum absolute atomic E-state index is 14.2. The Bertz CT molecular complexity index is 884. The molecule has 0 saturated carbocycles. The Kier molecular flexibility index (Phi) is 5.36. The summed E-state index contributed by atoms with van der Waals surface area (Å²) in [4.78, 5) is 38.0.